The van der Waals surface area contributed by atoms with Gasteiger partial charge in [0.2, 0.25) is 6.29 Å². The van der Waals surface area contributed by atoms with Crippen LogP contribution >= 0.6 is 0 Å². The Morgan fingerprint density at radius 3 is 1.84 bits per heavy atom. The Hall–Kier alpha value is -4.48. The Labute approximate surface area is 173 Å². The Morgan fingerprint density at radius 2 is 1.39 bits per heavy atom. The highest BCUT2D eigenvalue weighted by atomic mass is 16.7. The molecule has 0 aliphatic heterocycles. The predicted octanol–water partition coefficient (Wildman–Crippen LogP) is 2.45. The van der Waals surface area contributed by atoms with E-state index in [1.807, 2.05) is 0 Å². The standard InChI is InChI=1S/C19H15NO11/c1-2-15(31-19(27)14-8-10(21)4-6-12(14)17(24)25)30-18(26)13-7-9(20(28)29)3-5-11(13)16(22)23/h3-8,15,21H,2H2,1H3,(H,22,23)(H,24,25). The number of carboxylic acids is 2. The summed E-state index contributed by atoms with van der Waals surface area (Å²) in [6.45, 7) is 1.44. The number of nitrogens with zero attached hydrogens (tertiary/aromatic N) is 1. The molecule has 1 atom stereocenters. The molecule has 2 rings (SSSR count). The van der Waals surface area contributed by atoms with Crippen molar-refractivity contribution in [3.63, 3.8) is 0 Å². The van der Waals surface area contributed by atoms with Crippen LogP contribution in [0.25, 0.3) is 0 Å². The van der Waals surface area contributed by atoms with Gasteiger partial charge in [-0.15, -0.1) is 0 Å². The fraction of sp³-hybridized carbons (Fsp3) is 0.158. The molecule has 0 spiro atoms. The molecule has 12 heteroatoms. The molecule has 0 saturated carbocycles. The van der Waals surface area contributed by atoms with Crippen molar-refractivity contribution >= 4 is 29.6 Å². The Kier molecular flexibility index (Phi) is 6.87. The van der Waals surface area contributed by atoms with Gasteiger partial charge in [0.15, 0.2) is 0 Å². The summed E-state index contributed by atoms with van der Waals surface area (Å²) >= 11 is 0. The van der Waals surface area contributed by atoms with Gasteiger partial charge in [-0.1, -0.05) is 6.92 Å². The van der Waals surface area contributed by atoms with E-state index in [9.17, 15) is 39.5 Å². The Morgan fingerprint density at radius 1 is 0.903 bits per heavy atom. The number of benzene rings is 2. The van der Waals surface area contributed by atoms with Crippen LogP contribution in [0.3, 0.4) is 0 Å². The van der Waals surface area contributed by atoms with E-state index < -0.39 is 68.8 Å². The lowest BCUT2D eigenvalue weighted by Gasteiger charge is -2.18. The largest absolute Gasteiger partial charge is 0.508 e. The molecular formula is C19H15NO11. The first kappa shape index (κ1) is 22.8. The number of phenols is 1. The van der Waals surface area contributed by atoms with Gasteiger partial charge in [0.05, 0.1) is 27.2 Å². The zero-order chi connectivity index (χ0) is 23.3. The predicted molar refractivity (Wildman–Crippen MR) is 100 cm³/mol. The number of carbonyl (C=O) groups excluding carboxylic acids is 2. The molecule has 1 unspecified atom stereocenters. The van der Waals surface area contributed by atoms with Crippen molar-refractivity contribution in [1.29, 1.82) is 0 Å². The third-order valence-electron chi connectivity index (χ3n) is 3.93. The van der Waals surface area contributed by atoms with Crippen LogP contribution in [-0.4, -0.2) is 50.4 Å². The first-order valence-corrected chi connectivity index (χ1v) is 8.55. The maximum absolute atomic E-state index is 12.4. The minimum absolute atomic E-state index is 0.115. The number of aromatic carboxylic acids is 2. The molecule has 3 N–H and O–H groups in total. The lowest BCUT2D eigenvalue weighted by Crippen LogP contribution is -2.26. The van der Waals surface area contributed by atoms with Crippen molar-refractivity contribution in [2.45, 2.75) is 19.6 Å². The average molecular weight is 433 g/mol. The number of aromatic hydroxyl groups is 1. The maximum Gasteiger partial charge on any atom is 0.342 e. The summed E-state index contributed by atoms with van der Waals surface area (Å²) in [5.41, 5.74) is -2.76. The Bertz CT molecular complexity index is 1080. The summed E-state index contributed by atoms with van der Waals surface area (Å²) in [7, 11) is 0. The van der Waals surface area contributed by atoms with Gasteiger partial charge >= 0.3 is 23.9 Å². The first-order valence-electron chi connectivity index (χ1n) is 8.55. The average Bonchev–Trinajstić information content (AvgIpc) is 2.71. The van der Waals surface area contributed by atoms with Gasteiger partial charge in [-0.25, -0.2) is 19.2 Å². The van der Waals surface area contributed by atoms with Crippen LogP contribution in [0, 0.1) is 10.1 Å². The van der Waals surface area contributed by atoms with Gasteiger partial charge in [0, 0.05) is 18.6 Å². The zero-order valence-corrected chi connectivity index (χ0v) is 15.8. The SMILES string of the molecule is CCC(OC(=O)c1cc(O)ccc1C(=O)O)OC(=O)c1cc([N+](=O)[O-])ccc1C(=O)O. The second-order valence-corrected chi connectivity index (χ2v) is 5.98. The highest BCUT2D eigenvalue weighted by molar-refractivity contribution is 6.04. The van der Waals surface area contributed by atoms with E-state index in [2.05, 4.69) is 0 Å². The van der Waals surface area contributed by atoms with Crippen LogP contribution in [-0.2, 0) is 9.47 Å². The number of hydrogen-bond donors (Lipinski definition) is 3. The third kappa shape index (κ3) is 5.32. The number of ether oxygens (including phenoxy) is 2. The molecule has 2 aromatic rings. The quantitative estimate of drug-likeness (QED) is 0.240. The first-order chi connectivity index (χ1) is 14.5. The fourth-order valence-corrected chi connectivity index (χ4v) is 2.45. The minimum Gasteiger partial charge on any atom is -0.508 e. The molecule has 162 valence electrons. The van der Waals surface area contributed by atoms with E-state index in [0.717, 1.165) is 30.3 Å². The Balaban J connectivity index is 2.29. The number of carboxylic acid groups (broad SMARTS) is 2. The van der Waals surface area contributed by atoms with E-state index in [4.69, 9.17) is 14.6 Å². The smallest absolute Gasteiger partial charge is 0.342 e. The minimum atomic E-state index is -1.58. The number of hydrogen-bond acceptors (Lipinski definition) is 9. The number of rotatable bonds is 8. The molecule has 0 saturated heterocycles. The van der Waals surface area contributed by atoms with Crippen molar-refractivity contribution in [3.05, 3.63) is 68.8 Å². The van der Waals surface area contributed by atoms with Crippen molar-refractivity contribution < 1.29 is 48.9 Å². The van der Waals surface area contributed by atoms with Crippen LogP contribution in [0.15, 0.2) is 36.4 Å². The molecule has 2 aromatic carbocycles. The van der Waals surface area contributed by atoms with E-state index >= 15 is 0 Å². The molecule has 0 fully saturated rings. The monoisotopic (exact) mass is 433 g/mol. The number of carbonyl (C=O) groups is 4. The van der Waals surface area contributed by atoms with Crippen LogP contribution in [0.2, 0.25) is 0 Å². The highest BCUT2D eigenvalue weighted by Crippen LogP contribution is 2.22. The van der Waals surface area contributed by atoms with Crippen LogP contribution in [0.4, 0.5) is 5.69 Å². The number of non-ortho nitro benzene ring substituents is 1. The number of nitro benzene ring substituents is 1. The highest BCUT2D eigenvalue weighted by Gasteiger charge is 2.27. The van der Waals surface area contributed by atoms with Crippen molar-refractivity contribution in [2.24, 2.45) is 0 Å². The van der Waals surface area contributed by atoms with Crippen LogP contribution in [0.5, 0.6) is 5.75 Å². The second-order valence-electron chi connectivity index (χ2n) is 5.98. The lowest BCUT2D eigenvalue weighted by atomic mass is 10.1. The third-order valence-corrected chi connectivity index (χ3v) is 3.93. The molecule has 0 aromatic heterocycles. The van der Waals surface area contributed by atoms with Crippen LogP contribution in [0.1, 0.15) is 54.8 Å². The molecular weight excluding hydrogens is 418 g/mol. The number of phenolic OH excluding ortho intramolecular Hbond substituents is 1. The summed E-state index contributed by atoms with van der Waals surface area (Å²) in [6, 6.07) is 5.33. The van der Waals surface area contributed by atoms with Crippen molar-refractivity contribution in [3.8, 4) is 5.75 Å². The topological polar surface area (TPSA) is 191 Å². The molecule has 12 nitrogen and oxygen atoms in total. The number of esters is 2. The lowest BCUT2D eigenvalue weighted by molar-refractivity contribution is -0.384. The summed E-state index contributed by atoms with van der Waals surface area (Å²) < 4.78 is 9.92. The summed E-state index contributed by atoms with van der Waals surface area (Å²) in [6.07, 6.45) is -1.69. The van der Waals surface area contributed by atoms with Crippen molar-refractivity contribution in [1.82, 2.24) is 0 Å². The van der Waals surface area contributed by atoms with E-state index in [0.29, 0.717) is 6.07 Å². The summed E-state index contributed by atoms with van der Waals surface area (Å²) in [5.74, 6) is -5.97. The van der Waals surface area contributed by atoms with E-state index in [-0.39, 0.29) is 6.42 Å². The van der Waals surface area contributed by atoms with Crippen LogP contribution < -0.4 is 0 Å². The fourth-order valence-electron chi connectivity index (χ4n) is 2.45. The number of nitro groups is 1. The van der Waals surface area contributed by atoms with Gasteiger partial charge in [-0.05, 0) is 24.3 Å². The molecule has 0 aliphatic carbocycles. The molecule has 31 heavy (non-hydrogen) atoms. The van der Waals surface area contributed by atoms with E-state index in [1.165, 1.54) is 6.92 Å². The molecule has 0 radical (unpaired) electrons. The molecule has 0 heterocycles. The van der Waals surface area contributed by atoms with Gasteiger partial charge in [0.25, 0.3) is 5.69 Å². The summed E-state index contributed by atoms with van der Waals surface area (Å²) in [5, 5.41) is 38.8. The molecule has 0 bridgehead atoms. The zero-order valence-electron chi connectivity index (χ0n) is 15.8. The van der Waals surface area contributed by atoms with Crippen molar-refractivity contribution in [2.75, 3.05) is 0 Å². The second kappa shape index (κ2) is 9.35. The van der Waals surface area contributed by atoms with Gasteiger partial charge in [0.1, 0.15) is 5.75 Å². The maximum atomic E-state index is 12.4. The van der Waals surface area contributed by atoms with E-state index in [1.54, 1.807) is 0 Å². The normalized spacial score (nSPS) is 11.3. The molecule has 0 aliphatic rings. The van der Waals surface area contributed by atoms with Gasteiger partial charge in [-0.3, -0.25) is 10.1 Å². The van der Waals surface area contributed by atoms with Gasteiger partial charge < -0.3 is 24.8 Å². The summed E-state index contributed by atoms with van der Waals surface area (Å²) in [4.78, 5) is 57.4. The van der Waals surface area contributed by atoms with Gasteiger partial charge in [-0.2, -0.15) is 0 Å². The molecule has 0 amide bonds.